The number of amides is 2. The molecule has 2 aromatic rings. The van der Waals surface area contributed by atoms with Crippen LogP contribution < -0.4 is 16.0 Å². The first-order valence-corrected chi connectivity index (χ1v) is 10.7. The normalized spacial score (nSPS) is 17.6. The number of hydrogen-bond donors (Lipinski definition) is 4. The third kappa shape index (κ3) is 5.52. The molecule has 5 nitrogen and oxygen atoms in total. The number of aryl methyl sites for hydroxylation is 1. The number of carbonyl (C=O) groups is 1. The molecule has 0 fully saturated rings. The van der Waals surface area contributed by atoms with Gasteiger partial charge in [-0.1, -0.05) is 17.7 Å². The monoisotopic (exact) mass is 509 g/mol. The zero-order chi connectivity index (χ0) is 25.3. The fourth-order valence-corrected chi connectivity index (χ4v) is 4.07. The average molecular weight is 510 g/mol. The first-order valence-electron chi connectivity index (χ1n) is 10.3. The van der Waals surface area contributed by atoms with Gasteiger partial charge in [-0.15, -0.1) is 0 Å². The molecule has 3 rings (SSSR count). The van der Waals surface area contributed by atoms with Gasteiger partial charge < -0.3 is 21.1 Å². The molecule has 2 atom stereocenters. The lowest BCUT2D eigenvalue weighted by Gasteiger charge is -2.32. The van der Waals surface area contributed by atoms with Crippen LogP contribution in [0, 0.1) is 0 Å². The Kier molecular flexibility index (Phi) is 7.28. The molecule has 1 aliphatic rings. The van der Waals surface area contributed by atoms with Crippen molar-refractivity contribution >= 4 is 23.3 Å². The van der Waals surface area contributed by atoms with Crippen LogP contribution in [0.25, 0.3) is 0 Å². The lowest BCUT2D eigenvalue weighted by molar-refractivity contribution is -0.260. The van der Waals surface area contributed by atoms with Crippen molar-refractivity contribution < 1.29 is 36.2 Å². The number of hydrogen-bond acceptors (Lipinski definition) is 3. The highest BCUT2D eigenvalue weighted by Crippen LogP contribution is 2.42. The Morgan fingerprint density at radius 2 is 1.76 bits per heavy atom. The maximum Gasteiger partial charge on any atom is 0.423 e. The third-order valence-corrected chi connectivity index (χ3v) is 5.80. The van der Waals surface area contributed by atoms with Crippen LogP contribution >= 0.6 is 11.6 Å². The number of fused-ring (bicyclic) bond motifs is 1. The number of urea groups is 1. The van der Waals surface area contributed by atoms with E-state index < -0.39 is 40.6 Å². The fourth-order valence-electron chi connectivity index (χ4n) is 3.84. The molecule has 0 spiro atoms. The SMILES string of the molecule is CCNC(=O)N[C@H]1CCc2cc(NC[C@@](O)(c3cc(Cl)cc(C(F)(F)F)c3)C(F)(F)F)ccc21. The molecule has 2 amide bonds. The molecule has 0 saturated carbocycles. The Morgan fingerprint density at radius 3 is 2.38 bits per heavy atom. The number of halogens is 7. The number of rotatable bonds is 6. The Morgan fingerprint density at radius 1 is 1.09 bits per heavy atom. The van der Waals surface area contributed by atoms with E-state index in [2.05, 4.69) is 16.0 Å². The van der Waals surface area contributed by atoms with E-state index in [0.717, 1.165) is 11.1 Å². The van der Waals surface area contributed by atoms with Crippen LogP contribution in [-0.2, 0) is 18.2 Å². The van der Waals surface area contributed by atoms with E-state index in [9.17, 15) is 36.2 Å². The minimum Gasteiger partial charge on any atom is -0.381 e. The minimum absolute atomic E-state index is 0.234. The van der Waals surface area contributed by atoms with E-state index in [1.165, 1.54) is 6.07 Å². The highest BCUT2D eigenvalue weighted by Gasteiger charge is 2.55. The Hall–Kier alpha value is -2.66. The van der Waals surface area contributed by atoms with Gasteiger partial charge in [-0.25, -0.2) is 4.79 Å². The molecule has 2 aromatic carbocycles. The summed E-state index contributed by atoms with van der Waals surface area (Å²) in [6, 6.07) is 5.51. The van der Waals surface area contributed by atoms with Crippen molar-refractivity contribution in [3.63, 3.8) is 0 Å². The number of anilines is 1. The lowest BCUT2D eigenvalue weighted by atomic mass is 9.91. The molecular formula is C22H22ClF6N3O2. The molecule has 0 radical (unpaired) electrons. The summed E-state index contributed by atoms with van der Waals surface area (Å²) in [6.45, 7) is 1.08. The first kappa shape index (κ1) is 26.0. The topological polar surface area (TPSA) is 73.4 Å². The van der Waals surface area contributed by atoms with E-state index in [4.69, 9.17) is 11.6 Å². The van der Waals surface area contributed by atoms with Crippen LogP contribution in [0.5, 0.6) is 0 Å². The van der Waals surface area contributed by atoms with E-state index in [1.54, 1.807) is 19.1 Å². The van der Waals surface area contributed by atoms with Gasteiger partial charge in [0.05, 0.1) is 18.2 Å². The van der Waals surface area contributed by atoms with Crippen molar-refractivity contribution in [1.82, 2.24) is 10.6 Å². The molecule has 0 unspecified atom stereocenters. The molecule has 0 aliphatic heterocycles. The molecule has 0 aromatic heterocycles. The maximum absolute atomic E-state index is 13.8. The zero-order valence-electron chi connectivity index (χ0n) is 17.9. The van der Waals surface area contributed by atoms with Gasteiger partial charge in [0.25, 0.3) is 0 Å². The summed E-state index contributed by atoms with van der Waals surface area (Å²) in [5.74, 6) is 0. The van der Waals surface area contributed by atoms with Crippen molar-refractivity contribution in [3.05, 3.63) is 63.7 Å². The second kappa shape index (κ2) is 9.53. The number of alkyl halides is 6. The lowest BCUT2D eigenvalue weighted by Crippen LogP contribution is -2.48. The highest BCUT2D eigenvalue weighted by atomic mass is 35.5. The molecular weight excluding hydrogens is 488 g/mol. The van der Waals surface area contributed by atoms with Gasteiger partial charge in [0.15, 0.2) is 0 Å². The number of aliphatic hydroxyl groups is 1. The summed E-state index contributed by atoms with van der Waals surface area (Å²) in [6.07, 6.45) is -9.08. The predicted molar refractivity (Wildman–Crippen MR) is 115 cm³/mol. The first-order chi connectivity index (χ1) is 15.7. The van der Waals surface area contributed by atoms with Gasteiger partial charge >= 0.3 is 18.4 Å². The van der Waals surface area contributed by atoms with Crippen molar-refractivity contribution in [2.24, 2.45) is 0 Å². The third-order valence-electron chi connectivity index (χ3n) is 5.58. The van der Waals surface area contributed by atoms with E-state index in [1.807, 2.05) is 0 Å². The van der Waals surface area contributed by atoms with Crippen LogP contribution in [0.1, 0.15) is 41.6 Å². The van der Waals surface area contributed by atoms with Crippen molar-refractivity contribution in [2.45, 2.75) is 43.8 Å². The van der Waals surface area contributed by atoms with Crippen molar-refractivity contribution in [3.8, 4) is 0 Å². The summed E-state index contributed by atoms with van der Waals surface area (Å²) in [5.41, 5.74) is -4.23. The molecule has 12 heteroatoms. The molecule has 0 saturated heterocycles. The standard InChI is InChI=1S/C22H22ClF6N3O2/c1-2-30-19(33)32-18-6-3-12-7-16(4-5-17(12)18)31-11-20(34,22(27,28)29)13-8-14(21(24,25)26)10-15(23)9-13/h4-5,7-10,18,31,34H,2-3,6,11H2,1H3,(H2,30,32,33)/t18-,20+/m0/s1. The summed E-state index contributed by atoms with van der Waals surface area (Å²) in [5, 5.41) is 17.8. The zero-order valence-corrected chi connectivity index (χ0v) is 18.6. The second-order valence-electron chi connectivity index (χ2n) is 7.95. The van der Waals surface area contributed by atoms with E-state index >= 15 is 0 Å². The van der Waals surface area contributed by atoms with Gasteiger partial charge in [0, 0.05) is 17.3 Å². The van der Waals surface area contributed by atoms with E-state index in [-0.39, 0.29) is 23.8 Å². The van der Waals surface area contributed by atoms with Crippen molar-refractivity contribution in [2.75, 3.05) is 18.4 Å². The molecule has 186 valence electrons. The van der Waals surface area contributed by atoms with Gasteiger partial charge in [-0.2, -0.15) is 26.3 Å². The second-order valence-corrected chi connectivity index (χ2v) is 8.38. The Bertz CT molecular complexity index is 1060. The van der Waals surface area contributed by atoms with Crippen LogP contribution in [0.15, 0.2) is 36.4 Å². The maximum atomic E-state index is 13.8. The van der Waals surface area contributed by atoms with Crippen LogP contribution in [0.2, 0.25) is 5.02 Å². The van der Waals surface area contributed by atoms with Crippen LogP contribution in [0.4, 0.5) is 36.8 Å². The van der Waals surface area contributed by atoms with E-state index in [0.29, 0.717) is 31.5 Å². The molecule has 34 heavy (non-hydrogen) atoms. The molecule has 4 N–H and O–H groups in total. The van der Waals surface area contributed by atoms with Gasteiger partial charge in [0.2, 0.25) is 5.60 Å². The quantitative estimate of drug-likeness (QED) is 0.387. The Labute approximate surface area is 196 Å². The smallest absolute Gasteiger partial charge is 0.381 e. The highest BCUT2D eigenvalue weighted by molar-refractivity contribution is 6.30. The summed E-state index contributed by atoms with van der Waals surface area (Å²) < 4.78 is 80.8. The summed E-state index contributed by atoms with van der Waals surface area (Å²) in [4.78, 5) is 11.8. The summed E-state index contributed by atoms with van der Waals surface area (Å²) >= 11 is 5.63. The molecule has 0 bridgehead atoms. The van der Waals surface area contributed by atoms with Crippen LogP contribution in [-0.4, -0.2) is 30.4 Å². The number of nitrogens with one attached hydrogen (secondary N) is 3. The number of carbonyl (C=O) groups excluding carboxylic acids is 1. The fraction of sp³-hybridized carbons (Fsp3) is 0.409. The number of benzene rings is 2. The van der Waals surface area contributed by atoms with Gasteiger partial charge in [0.1, 0.15) is 0 Å². The Balaban J connectivity index is 1.84. The average Bonchev–Trinajstić information content (AvgIpc) is 3.12. The van der Waals surface area contributed by atoms with Crippen molar-refractivity contribution in [1.29, 1.82) is 0 Å². The molecule has 1 aliphatic carbocycles. The van der Waals surface area contributed by atoms with Gasteiger partial charge in [-0.05, 0) is 66.8 Å². The molecule has 0 heterocycles. The summed E-state index contributed by atoms with van der Waals surface area (Å²) in [7, 11) is 0. The van der Waals surface area contributed by atoms with Crippen LogP contribution in [0.3, 0.4) is 0 Å². The van der Waals surface area contributed by atoms with Gasteiger partial charge in [-0.3, -0.25) is 0 Å². The minimum atomic E-state index is -5.30. The predicted octanol–water partition coefficient (Wildman–Crippen LogP) is 5.53. The largest absolute Gasteiger partial charge is 0.423 e.